The topological polar surface area (TPSA) is 90.0 Å². The number of para-hydroxylation sites is 1. The summed E-state index contributed by atoms with van der Waals surface area (Å²) in [6.07, 6.45) is 4.93. The lowest BCUT2D eigenvalue weighted by Gasteiger charge is -2.09. The van der Waals surface area contributed by atoms with Crippen LogP contribution in [0.25, 0.3) is 16.8 Å². The molecular weight excluding hydrogens is 320 g/mol. The highest BCUT2D eigenvalue weighted by Crippen LogP contribution is 2.18. The van der Waals surface area contributed by atoms with E-state index in [-0.39, 0.29) is 11.2 Å². The van der Waals surface area contributed by atoms with Gasteiger partial charge in [-0.25, -0.2) is 9.67 Å². The summed E-state index contributed by atoms with van der Waals surface area (Å²) >= 11 is 0. The lowest BCUT2D eigenvalue weighted by molar-refractivity contribution is 0.0997. The highest BCUT2D eigenvalue weighted by atomic mass is 16.3. The number of nitrogens with one attached hydrogen (secondary N) is 1. The molecule has 0 unspecified atom stereocenters. The van der Waals surface area contributed by atoms with Gasteiger partial charge in [-0.05, 0) is 30.3 Å². The fourth-order valence-electron chi connectivity index (χ4n) is 2.47. The number of aromatic nitrogens is 3. The van der Waals surface area contributed by atoms with Crippen molar-refractivity contribution < 1.29 is 9.21 Å². The van der Waals surface area contributed by atoms with Crippen LogP contribution < -0.4 is 10.7 Å². The van der Waals surface area contributed by atoms with Gasteiger partial charge in [0.1, 0.15) is 5.58 Å². The average molecular weight is 332 g/mol. The van der Waals surface area contributed by atoms with Crippen LogP contribution in [0.1, 0.15) is 10.6 Å². The van der Waals surface area contributed by atoms with Crippen LogP contribution >= 0.6 is 0 Å². The van der Waals surface area contributed by atoms with E-state index in [2.05, 4.69) is 15.4 Å². The summed E-state index contributed by atoms with van der Waals surface area (Å²) in [7, 11) is 0. The van der Waals surface area contributed by atoms with Gasteiger partial charge in [-0.15, -0.1) is 0 Å². The summed E-state index contributed by atoms with van der Waals surface area (Å²) in [5.74, 6) is -0.146. The third-order valence-electron chi connectivity index (χ3n) is 3.61. The zero-order valence-corrected chi connectivity index (χ0v) is 12.9. The molecule has 3 heterocycles. The van der Waals surface area contributed by atoms with E-state index in [1.165, 1.54) is 10.7 Å². The molecule has 4 aromatic rings. The second-order valence-corrected chi connectivity index (χ2v) is 5.25. The van der Waals surface area contributed by atoms with Crippen LogP contribution in [0.5, 0.6) is 0 Å². The Labute approximate surface area is 141 Å². The van der Waals surface area contributed by atoms with Crippen molar-refractivity contribution in [1.82, 2.24) is 14.8 Å². The maximum atomic E-state index is 12.5. The minimum Gasteiger partial charge on any atom is -0.451 e. The van der Waals surface area contributed by atoms with Crippen molar-refractivity contribution in [2.75, 3.05) is 5.32 Å². The molecule has 7 nitrogen and oxygen atoms in total. The number of amides is 1. The van der Waals surface area contributed by atoms with E-state index < -0.39 is 5.91 Å². The van der Waals surface area contributed by atoms with Crippen molar-refractivity contribution in [3.05, 3.63) is 83.1 Å². The number of hydrogen-bond donors (Lipinski definition) is 1. The largest absolute Gasteiger partial charge is 0.451 e. The Morgan fingerprint density at radius 2 is 1.96 bits per heavy atom. The molecule has 0 saturated carbocycles. The molecule has 1 aromatic carbocycles. The number of rotatable bonds is 3. The molecule has 3 aromatic heterocycles. The van der Waals surface area contributed by atoms with E-state index in [9.17, 15) is 9.59 Å². The lowest BCUT2D eigenvalue weighted by atomic mass is 10.2. The molecule has 1 N–H and O–H groups in total. The zero-order chi connectivity index (χ0) is 17.2. The van der Waals surface area contributed by atoms with Crippen LogP contribution in [0, 0.1) is 0 Å². The SMILES string of the molecule is O=C(Nc1cccnc1-n1cccn1)c1cc(=O)c2ccccc2o1. The average Bonchev–Trinajstić information content (AvgIpc) is 3.16. The molecule has 0 aliphatic carbocycles. The Bertz CT molecular complexity index is 1120. The summed E-state index contributed by atoms with van der Waals surface area (Å²) in [5, 5.41) is 7.25. The quantitative estimate of drug-likeness (QED) is 0.623. The first kappa shape index (κ1) is 14.8. The predicted octanol–water partition coefficient (Wildman–Crippen LogP) is 2.63. The van der Waals surface area contributed by atoms with E-state index >= 15 is 0 Å². The molecule has 4 rings (SSSR count). The maximum Gasteiger partial charge on any atom is 0.291 e. The first-order valence-corrected chi connectivity index (χ1v) is 7.52. The number of nitrogens with zero attached hydrogens (tertiary/aromatic N) is 3. The molecule has 0 atom stereocenters. The fourth-order valence-corrected chi connectivity index (χ4v) is 2.47. The van der Waals surface area contributed by atoms with Gasteiger partial charge in [0.15, 0.2) is 17.0 Å². The van der Waals surface area contributed by atoms with Crippen molar-refractivity contribution in [2.24, 2.45) is 0 Å². The van der Waals surface area contributed by atoms with Crippen molar-refractivity contribution in [2.45, 2.75) is 0 Å². The highest BCUT2D eigenvalue weighted by molar-refractivity contribution is 6.03. The fraction of sp³-hybridized carbons (Fsp3) is 0. The summed E-state index contributed by atoms with van der Waals surface area (Å²) in [4.78, 5) is 28.9. The number of carbonyl (C=O) groups is 1. The Morgan fingerprint density at radius 1 is 1.08 bits per heavy atom. The molecule has 0 aliphatic rings. The van der Waals surface area contributed by atoms with Crippen molar-refractivity contribution >= 4 is 22.6 Å². The maximum absolute atomic E-state index is 12.5. The summed E-state index contributed by atoms with van der Waals surface area (Å²) in [5.41, 5.74) is 0.538. The molecule has 1 amide bonds. The van der Waals surface area contributed by atoms with Gasteiger partial charge < -0.3 is 9.73 Å². The van der Waals surface area contributed by atoms with Crippen LogP contribution in [0.2, 0.25) is 0 Å². The number of anilines is 1. The summed E-state index contributed by atoms with van der Waals surface area (Å²) in [6, 6.07) is 13.1. The summed E-state index contributed by atoms with van der Waals surface area (Å²) in [6.45, 7) is 0. The molecule has 0 radical (unpaired) electrons. The number of pyridine rings is 1. The normalized spacial score (nSPS) is 10.7. The number of benzene rings is 1. The zero-order valence-electron chi connectivity index (χ0n) is 12.9. The van der Waals surface area contributed by atoms with Crippen LogP contribution in [-0.2, 0) is 0 Å². The van der Waals surface area contributed by atoms with Gasteiger partial charge >= 0.3 is 0 Å². The standard InChI is InChI=1S/C18H12N4O3/c23-14-11-16(25-15-7-2-1-5-12(14)15)18(24)21-13-6-3-8-19-17(13)22-10-4-9-20-22/h1-11H,(H,21,24). The Hall–Kier alpha value is -3.74. The van der Waals surface area contributed by atoms with Gasteiger partial charge in [0.05, 0.1) is 11.1 Å². The van der Waals surface area contributed by atoms with E-state index in [1.807, 2.05) is 0 Å². The van der Waals surface area contributed by atoms with Gasteiger partial charge in [-0.1, -0.05) is 12.1 Å². The van der Waals surface area contributed by atoms with E-state index in [0.717, 1.165) is 0 Å². The van der Waals surface area contributed by atoms with Crippen LogP contribution in [0.4, 0.5) is 5.69 Å². The van der Waals surface area contributed by atoms with Gasteiger partial charge in [-0.2, -0.15) is 5.10 Å². The lowest BCUT2D eigenvalue weighted by Crippen LogP contribution is -2.16. The van der Waals surface area contributed by atoms with Gasteiger partial charge in [0.25, 0.3) is 5.91 Å². The first-order valence-electron chi connectivity index (χ1n) is 7.52. The predicted molar refractivity (Wildman–Crippen MR) is 91.8 cm³/mol. The Balaban J connectivity index is 1.71. The molecule has 25 heavy (non-hydrogen) atoms. The molecule has 0 aliphatic heterocycles. The third kappa shape index (κ3) is 2.78. The smallest absolute Gasteiger partial charge is 0.291 e. The van der Waals surface area contributed by atoms with Gasteiger partial charge in [0.2, 0.25) is 0 Å². The van der Waals surface area contributed by atoms with Crippen LogP contribution in [0.15, 0.2) is 76.3 Å². The first-order chi connectivity index (χ1) is 12.2. The molecule has 0 bridgehead atoms. The Kier molecular flexibility index (Phi) is 3.59. The van der Waals surface area contributed by atoms with E-state index in [1.54, 1.807) is 61.1 Å². The van der Waals surface area contributed by atoms with E-state index in [0.29, 0.717) is 22.5 Å². The van der Waals surface area contributed by atoms with Gasteiger partial charge in [-0.3, -0.25) is 9.59 Å². The monoisotopic (exact) mass is 332 g/mol. The van der Waals surface area contributed by atoms with Crippen molar-refractivity contribution in [1.29, 1.82) is 0 Å². The molecular formula is C18H12N4O3. The van der Waals surface area contributed by atoms with Crippen LogP contribution in [-0.4, -0.2) is 20.7 Å². The molecule has 0 spiro atoms. The summed E-state index contributed by atoms with van der Waals surface area (Å²) < 4.78 is 7.09. The number of hydrogen-bond acceptors (Lipinski definition) is 5. The molecule has 0 saturated heterocycles. The molecule has 122 valence electrons. The van der Waals surface area contributed by atoms with Crippen molar-refractivity contribution in [3.63, 3.8) is 0 Å². The van der Waals surface area contributed by atoms with Crippen LogP contribution in [0.3, 0.4) is 0 Å². The Morgan fingerprint density at radius 3 is 2.80 bits per heavy atom. The van der Waals surface area contributed by atoms with Gasteiger partial charge in [0, 0.05) is 24.7 Å². The van der Waals surface area contributed by atoms with Crippen molar-refractivity contribution in [3.8, 4) is 5.82 Å². The highest BCUT2D eigenvalue weighted by Gasteiger charge is 2.15. The number of fused-ring (bicyclic) bond motifs is 1. The second kappa shape index (κ2) is 6.04. The second-order valence-electron chi connectivity index (χ2n) is 5.25. The minimum atomic E-state index is -0.538. The third-order valence-corrected chi connectivity index (χ3v) is 3.61. The minimum absolute atomic E-state index is 0.0704. The molecule has 0 fully saturated rings. The van der Waals surface area contributed by atoms with E-state index in [4.69, 9.17) is 4.42 Å². The molecule has 7 heteroatoms. The number of carbonyl (C=O) groups excluding carboxylic acids is 1.